The molecular weight excluding hydrogens is 212 g/mol. The van der Waals surface area contributed by atoms with Crippen molar-refractivity contribution in [3.05, 3.63) is 48.8 Å². The molecule has 17 heavy (non-hydrogen) atoms. The summed E-state index contributed by atoms with van der Waals surface area (Å²) in [5.74, 6) is 0. The molecule has 0 spiro atoms. The van der Waals surface area contributed by atoms with Gasteiger partial charge in [0, 0.05) is 17.0 Å². The summed E-state index contributed by atoms with van der Waals surface area (Å²) in [4.78, 5) is 8.79. The molecule has 0 N–H and O–H groups in total. The van der Waals surface area contributed by atoms with Crippen molar-refractivity contribution in [2.45, 2.75) is 0 Å². The summed E-state index contributed by atoms with van der Waals surface area (Å²) >= 11 is 0. The Morgan fingerprint density at radius 2 is 1.94 bits per heavy atom. The fraction of sp³-hybridized carbons (Fsp3) is 0. The minimum Gasteiger partial charge on any atom is -0.235 e. The third kappa shape index (κ3) is 1.09. The molecule has 0 atom stereocenters. The summed E-state index contributed by atoms with van der Waals surface area (Å²) in [5, 5.41) is 6.60. The highest BCUT2D eigenvalue weighted by molar-refractivity contribution is 5.96. The lowest BCUT2D eigenvalue weighted by Crippen LogP contribution is -1.91. The normalized spacial score (nSPS) is 11.5. The molecule has 0 unspecified atom stereocenters. The number of imidazole rings is 1. The first-order valence-electron chi connectivity index (χ1n) is 5.41. The van der Waals surface area contributed by atoms with Gasteiger partial charge in [-0.15, -0.1) is 0 Å². The van der Waals surface area contributed by atoms with Crippen LogP contribution in [-0.4, -0.2) is 19.6 Å². The fourth-order valence-electron chi connectivity index (χ4n) is 2.13. The van der Waals surface area contributed by atoms with Gasteiger partial charge < -0.3 is 0 Å². The maximum atomic E-state index is 4.53. The van der Waals surface area contributed by atoms with Gasteiger partial charge in [0.25, 0.3) is 0 Å². The monoisotopic (exact) mass is 220 g/mol. The summed E-state index contributed by atoms with van der Waals surface area (Å²) in [5.41, 5.74) is 2.53. The Hall–Kier alpha value is -2.49. The predicted molar refractivity (Wildman–Crippen MR) is 65.8 cm³/mol. The van der Waals surface area contributed by atoms with Crippen molar-refractivity contribution in [2.75, 3.05) is 0 Å². The van der Waals surface area contributed by atoms with Gasteiger partial charge in [-0.1, -0.05) is 24.3 Å². The molecule has 3 heterocycles. The number of nitrogens with zero attached hydrogens (tertiary/aromatic N) is 4. The molecule has 1 aromatic carbocycles. The number of hydrogen-bond donors (Lipinski definition) is 0. The highest BCUT2D eigenvalue weighted by Gasteiger charge is 2.08. The molecule has 80 valence electrons. The maximum Gasteiger partial charge on any atom is 0.180 e. The number of aromatic nitrogens is 4. The van der Waals surface area contributed by atoms with E-state index in [9.17, 15) is 0 Å². The second-order valence-electron chi connectivity index (χ2n) is 3.93. The molecule has 0 amide bonds. The third-order valence-electron chi connectivity index (χ3n) is 2.92. The largest absolute Gasteiger partial charge is 0.235 e. The molecule has 4 nitrogen and oxygen atoms in total. The molecule has 0 aliphatic carbocycles. The van der Waals surface area contributed by atoms with Crippen LogP contribution in [0.4, 0.5) is 0 Å². The highest BCUT2D eigenvalue weighted by Crippen LogP contribution is 2.20. The average Bonchev–Trinajstić information content (AvgIpc) is 2.78. The van der Waals surface area contributed by atoms with Crippen LogP contribution in [0.3, 0.4) is 0 Å². The minimum absolute atomic E-state index is 0.733. The van der Waals surface area contributed by atoms with Gasteiger partial charge in [0.2, 0.25) is 0 Å². The van der Waals surface area contributed by atoms with Crippen LogP contribution in [0.25, 0.3) is 27.6 Å². The Labute approximate surface area is 96.5 Å². The van der Waals surface area contributed by atoms with E-state index in [0.29, 0.717) is 0 Å². The van der Waals surface area contributed by atoms with E-state index < -0.39 is 0 Å². The summed E-state index contributed by atoms with van der Waals surface area (Å²) in [6, 6.07) is 12.0. The zero-order valence-corrected chi connectivity index (χ0v) is 8.91. The second kappa shape index (κ2) is 3.01. The molecule has 0 bridgehead atoms. The molecule has 3 aromatic heterocycles. The third-order valence-corrected chi connectivity index (χ3v) is 2.92. The van der Waals surface area contributed by atoms with Gasteiger partial charge in [0.1, 0.15) is 5.52 Å². The molecule has 0 radical (unpaired) electrons. The Balaban J connectivity index is 2.34. The van der Waals surface area contributed by atoms with Crippen molar-refractivity contribution >= 4 is 27.6 Å². The van der Waals surface area contributed by atoms with Crippen LogP contribution in [0.1, 0.15) is 0 Å². The smallest absolute Gasteiger partial charge is 0.180 e. The number of rotatable bonds is 0. The SMILES string of the molecule is c1ccc2c(c1)cnn1c3cccnc3nc21. The van der Waals surface area contributed by atoms with Crippen LogP contribution in [0.5, 0.6) is 0 Å². The molecule has 0 saturated carbocycles. The summed E-state index contributed by atoms with van der Waals surface area (Å²) < 4.78 is 1.84. The maximum absolute atomic E-state index is 4.53. The predicted octanol–water partition coefficient (Wildman–Crippen LogP) is 2.43. The molecular formula is C13H8N4. The highest BCUT2D eigenvalue weighted by atomic mass is 15.3. The quantitative estimate of drug-likeness (QED) is 0.457. The molecule has 4 heteroatoms. The van der Waals surface area contributed by atoms with Gasteiger partial charge >= 0.3 is 0 Å². The standard InChI is InChI=1S/C13H8N4/c1-2-5-10-9(4-1)8-15-17-11-6-3-7-14-12(11)16-13(10)17/h1-8H. The summed E-state index contributed by atoms with van der Waals surface area (Å²) in [6.07, 6.45) is 3.60. The van der Waals surface area contributed by atoms with Gasteiger partial charge in [-0.25, -0.2) is 14.5 Å². The van der Waals surface area contributed by atoms with E-state index in [0.717, 1.165) is 27.6 Å². The van der Waals surface area contributed by atoms with Crippen LogP contribution in [-0.2, 0) is 0 Å². The number of fused-ring (bicyclic) bond motifs is 5. The van der Waals surface area contributed by atoms with Gasteiger partial charge in [0.15, 0.2) is 11.3 Å². The number of hydrogen-bond acceptors (Lipinski definition) is 3. The van der Waals surface area contributed by atoms with Crippen LogP contribution < -0.4 is 0 Å². The molecule has 4 aromatic rings. The van der Waals surface area contributed by atoms with Crippen molar-refractivity contribution in [1.82, 2.24) is 19.6 Å². The minimum atomic E-state index is 0.733. The first kappa shape index (κ1) is 8.64. The van der Waals surface area contributed by atoms with Gasteiger partial charge in [-0.05, 0) is 12.1 Å². The van der Waals surface area contributed by atoms with Crippen LogP contribution >= 0.6 is 0 Å². The van der Waals surface area contributed by atoms with E-state index in [1.54, 1.807) is 6.20 Å². The van der Waals surface area contributed by atoms with Crippen molar-refractivity contribution in [2.24, 2.45) is 0 Å². The van der Waals surface area contributed by atoms with Crippen molar-refractivity contribution in [1.29, 1.82) is 0 Å². The Kier molecular flexibility index (Phi) is 1.53. The van der Waals surface area contributed by atoms with Crippen molar-refractivity contribution in [3.63, 3.8) is 0 Å². The van der Waals surface area contributed by atoms with Crippen molar-refractivity contribution in [3.8, 4) is 0 Å². The fourth-order valence-corrected chi connectivity index (χ4v) is 2.13. The molecule has 0 fully saturated rings. The van der Waals surface area contributed by atoms with Crippen LogP contribution in [0.15, 0.2) is 48.8 Å². The zero-order chi connectivity index (χ0) is 11.2. The Morgan fingerprint density at radius 3 is 2.94 bits per heavy atom. The molecule has 0 saturated heterocycles. The van der Waals surface area contributed by atoms with E-state index in [1.165, 1.54) is 0 Å². The van der Waals surface area contributed by atoms with E-state index in [4.69, 9.17) is 0 Å². The number of benzene rings is 1. The number of pyridine rings is 1. The van der Waals surface area contributed by atoms with Crippen LogP contribution in [0.2, 0.25) is 0 Å². The van der Waals surface area contributed by atoms with Gasteiger partial charge in [-0.3, -0.25) is 0 Å². The van der Waals surface area contributed by atoms with Gasteiger partial charge in [-0.2, -0.15) is 5.10 Å². The topological polar surface area (TPSA) is 43.1 Å². The van der Waals surface area contributed by atoms with E-state index >= 15 is 0 Å². The first-order valence-corrected chi connectivity index (χ1v) is 5.41. The van der Waals surface area contributed by atoms with Crippen molar-refractivity contribution < 1.29 is 0 Å². The van der Waals surface area contributed by atoms with E-state index in [1.807, 2.05) is 41.0 Å². The van der Waals surface area contributed by atoms with E-state index in [-0.39, 0.29) is 0 Å². The van der Waals surface area contributed by atoms with E-state index in [2.05, 4.69) is 21.1 Å². The summed E-state index contributed by atoms with van der Waals surface area (Å²) in [7, 11) is 0. The lowest BCUT2D eigenvalue weighted by Gasteiger charge is -1.98. The Bertz CT molecular complexity index is 848. The second-order valence-corrected chi connectivity index (χ2v) is 3.93. The average molecular weight is 220 g/mol. The molecule has 0 aliphatic heterocycles. The molecule has 4 rings (SSSR count). The lowest BCUT2D eigenvalue weighted by molar-refractivity contribution is 0.979. The zero-order valence-electron chi connectivity index (χ0n) is 8.91. The van der Waals surface area contributed by atoms with Crippen LogP contribution in [0, 0.1) is 0 Å². The van der Waals surface area contributed by atoms with Gasteiger partial charge in [0.05, 0.1) is 6.20 Å². The first-order chi connectivity index (χ1) is 8.43. The molecule has 0 aliphatic rings. The lowest BCUT2D eigenvalue weighted by atomic mass is 10.2. The Morgan fingerprint density at radius 1 is 1.00 bits per heavy atom. The summed E-state index contributed by atoms with van der Waals surface area (Å²) in [6.45, 7) is 0.